The SMILES string of the molecule is CN(C)C(=O)C[C@H]1CN2C[C@H](n3ccnc3-c3ccc(N(C)C)cc3)C[C@H]2CO1. The quantitative estimate of drug-likeness (QED) is 0.774. The van der Waals surface area contributed by atoms with Crippen LogP contribution in [0.2, 0.25) is 0 Å². The third kappa shape index (κ3) is 4.16. The van der Waals surface area contributed by atoms with Crippen LogP contribution in [-0.2, 0) is 9.53 Å². The number of hydrogen-bond donors (Lipinski definition) is 0. The molecule has 0 aliphatic carbocycles. The molecule has 2 aliphatic heterocycles. The van der Waals surface area contributed by atoms with E-state index in [2.05, 4.69) is 49.8 Å². The topological polar surface area (TPSA) is 53.8 Å². The Morgan fingerprint density at radius 3 is 2.59 bits per heavy atom. The van der Waals surface area contributed by atoms with E-state index in [0.717, 1.165) is 30.9 Å². The molecule has 2 saturated heterocycles. The van der Waals surface area contributed by atoms with Crippen LogP contribution in [0.1, 0.15) is 18.9 Å². The minimum Gasteiger partial charge on any atom is -0.378 e. The summed E-state index contributed by atoms with van der Waals surface area (Å²) in [7, 11) is 7.69. The van der Waals surface area contributed by atoms with Crippen LogP contribution in [-0.4, -0.2) is 85.3 Å². The Hall–Kier alpha value is -2.38. The fourth-order valence-corrected chi connectivity index (χ4v) is 4.36. The summed E-state index contributed by atoms with van der Waals surface area (Å²) in [5.74, 6) is 1.14. The molecule has 0 spiro atoms. The molecule has 2 aromatic rings. The summed E-state index contributed by atoms with van der Waals surface area (Å²) in [6.07, 6.45) is 5.47. The Kier molecular flexibility index (Phi) is 5.61. The Labute approximate surface area is 172 Å². The third-order valence-corrected chi connectivity index (χ3v) is 6.07. The smallest absolute Gasteiger partial charge is 0.224 e. The normalized spacial score (nSPS) is 24.3. The molecule has 1 aromatic heterocycles. The van der Waals surface area contributed by atoms with Gasteiger partial charge in [0.25, 0.3) is 0 Å². The lowest BCUT2D eigenvalue weighted by atomic mass is 10.1. The zero-order valence-electron chi connectivity index (χ0n) is 17.8. The van der Waals surface area contributed by atoms with Crippen LogP contribution in [0.3, 0.4) is 0 Å². The highest BCUT2D eigenvalue weighted by molar-refractivity contribution is 5.76. The number of carbonyl (C=O) groups is 1. The van der Waals surface area contributed by atoms with E-state index in [1.807, 2.05) is 20.3 Å². The van der Waals surface area contributed by atoms with Gasteiger partial charge in [-0.1, -0.05) is 0 Å². The summed E-state index contributed by atoms with van der Waals surface area (Å²) in [5.41, 5.74) is 2.32. The Bertz CT molecular complexity index is 845. The molecule has 4 rings (SSSR count). The van der Waals surface area contributed by atoms with Crippen LogP contribution in [0.4, 0.5) is 5.69 Å². The molecule has 3 heterocycles. The number of rotatable bonds is 5. The number of benzene rings is 1. The average molecular weight is 398 g/mol. The maximum atomic E-state index is 12.0. The number of amides is 1. The Morgan fingerprint density at radius 2 is 1.90 bits per heavy atom. The molecule has 156 valence electrons. The summed E-state index contributed by atoms with van der Waals surface area (Å²) in [4.78, 5) is 22.9. The van der Waals surface area contributed by atoms with Crippen molar-refractivity contribution in [2.45, 2.75) is 31.0 Å². The molecule has 7 heteroatoms. The molecular weight excluding hydrogens is 366 g/mol. The van der Waals surface area contributed by atoms with Crippen LogP contribution < -0.4 is 4.90 Å². The molecule has 0 radical (unpaired) electrons. The van der Waals surface area contributed by atoms with E-state index in [1.54, 1.807) is 19.0 Å². The van der Waals surface area contributed by atoms with Crippen molar-refractivity contribution in [1.29, 1.82) is 0 Å². The predicted molar refractivity (Wildman–Crippen MR) is 114 cm³/mol. The first kappa shape index (κ1) is 19.9. The molecule has 1 aromatic carbocycles. The zero-order chi connectivity index (χ0) is 20.5. The van der Waals surface area contributed by atoms with Crippen LogP contribution in [0.25, 0.3) is 11.4 Å². The molecule has 7 nitrogen and oxygen atoms in total. The number of aromatic nitrogens is 2. The van der Waals surface area contributed by atoms with E-state index >= 15 is 0 Å². The van der Waals surface area contributed by atoms with Crippen molar-refractivity contribution in [2.75, 3.05) is 52.8 Å². The number of morpholine rings is 1. The monoisotopic (exact) mass is 397 g/mol. The highest BCUT2D eigenvalue weighted by Gasteiger charge is 2.39. The second kappa shape index (κ2) is 8.16. The fourth-order valence-electron chi connectivity index (χ4n) is 4.36. The zero-order valence-corrected chi connectivity index (χ0v) is 17.8. The third-order valence-electron chi connectivity index (χ3n) is 6.07. The van der Waals surface area contributed by atoms with Gasteiger partial charge in [-0.25, -0.2) is 4.98 Å². The summed E-state index contributed by atoms with van der Waals surface area (Å²) >= 11 is 0. The molecular formula is C22H31N5O2. The van der Waals surface area contributed by atoms with Crippen molar-refractivity contribution in [1.82, 2.24) is 19.4 Å². The van der Waals surface area contributed by atoms with E-state index < -0.39 is 0 Å². The molecule has 2 fully saturated rings. The van der Waals surface area contributed by atoms with Gasteiger partial charge in [0.05, 0.1) is 19.1 Å². The highest BCUT2D eigenvalue weighted by Crippen LogP contribution is 2.34. The van der Waals surface area contributed by atoms with Gasteiger partial charge in [0.15, 0.2) is 0 Å². The van der Waals surface area contributed by atoms with Crippen molar-refractivity contribution in [3.63, 3.8) is 0 Å². The van der Waals surface area contributed by atoms with Gasteiger partial charge in [-0.3, -0.25) is 9.69 Å². The number of ether oxygens (including phenoxy) is 1. The maximum Gasteiger partial charge on any atom is 0.224 e. The summed E-state index contributed by atoms with van der Waals surface area (Å²) in [5, 5.41) is 0. The molecule has 2 aliphatic rings. The lowest BCUT2D eigenvalue weighted by Gasteiger charge is -2.35. The van der Waals surface area contributed by atoms with Gasteiger partial charge in [-0.2, -0.15) is 0 Å². The first-order chi connectivity index (χ1) is 13.9. The van der Waals surface area contributed by atoms with Crippen LogP contribution in [0.5, 0.6) is 0 Å². The van der Waals surface area contributed by atoms with E-state index in [9.17, 15) is 4.79 Å². The first-order valence-electron chi connectivity index (χ1n) is 10.3. The molecule has 0 saturated carbocycles. The molecule has 0 N–H and O–H groups in total. The van der Waals surface area contributed by atoms with Crippen molar-refractivity contribution in [3.8, 4) is 11.4 Å². The summed E-state index contributed by atoms with van der Waals surface area (Å²) in [6, 6.07) is 9.33. The number of hydrogen-bond acceptors (Lipinski definition) is 5. The van der Waals surface area contributed by atoms with Gasteiger partial charge in [-0.05, 0) is 30.7 Å². The largest absolute Gasteiger partial charge is 0.378 e. The van der Waals surface area contributed by atoms with Crippen LogP contribution in [0, 0.1) is 0 Å². The lowest BCUT2D eigenvalue weighted by Crippen LogP contribution is -2.47. The Balaban J connectivity index is 1.45. The van der Waals surface area contributed by atoms with Gasteiger partial charge in [-0.15, -0.1) is 0 Å². The molecule has 29 heavy (non-hydrogen) atoms. The first-order valence-corrected chi connectivity index (χ1v) is 10.3. The maximum absolute atomic E-state index is 12.0. The number of imidazole rings is 1. The van der Waals surface area contributed by atoms with Gasteiger partial charge in [0, 0.05) is 77.0 Å². The van der Waals surface area contributed by atoms with Gasteiger partial charge in [0.1, 0.15) is 5.82 Å². The number of anilines is 1. The molecule has 0 bridgehead atoms. The standard InChI is InChI=1S/C22H31N5O2/c1-24(2)17-7-5-16(6-8-17)22-23-9-10-27(22)18-11-19-15-29-20(14-26(19)13-18)12-21(28)25(3)4/h5-10,18-20H,11-15H2,1-4H3/t18-,19+,20+/m1/s1. The van der Waals surface area contributed by atoms with E-state index in [4.69, 9.17) is 4.74 Å². The second-order valence-electron chi connectivity index (χ2n) is 8.54. The van der Waals surface area contributed by atoms with Gasteiger partial charge < -0.3 is 19.1 Å². The number of nitrogens with zero attached hydrogens (tertiary/aromatic N) is 5. The minimum absolute atomic E-state index is 0.0132. The van der Waals surface area contributed by atoms with E-state index in [1.165, 1.54) is 5.69 Å². The summed E-state index contributed by atoms with van der Waals surface area (Å²) in [6.45, 7) is 2.49. The van der Waals surface area contributed by atoms with E-state index in [0.29, 0.717) is 25.1 Å². The molecule has 1 amide bonds. The van der Waals surface area contributed by atoms with Gasteiger partial charge >= 0.3 is 0 Å². The molecule has 3 atom stereocenters. The van der Waals surface area contributed by atoms with Crippen molar-refractivity contribution >= 4 is 11.6 Å². The van der Waals surface area contributed by atoms with Crippen LogP contribution >= 0.6 is 0 Å². The van der Waals surface area contributed by atoms with Crippen molar-refractivity contribution in [3.05, 3.63) is 36.7 Å². The fraction of sp³-hybridized carbons (Fsp3) is 0.545. The van der Waals surface area contributed by atoms with Crippen molar-refractivity contribution in [2.24, 2.45) is 0 Å². The highest BCUT2D eigenvalue weighted by atomic mass is 16.5. The van der Waals surface area contributed by atoms with Crippen LogP contribution in [0.15, 0.2) is 36.7 Å². The predicted octanol–water partition coefficient (Wildman–Crippen LogP) is 2.11. The lowest BCUT2D eigenvalue weighted by molar-refractivity contribution is -0.134. The summed E-state index contributed by atoms with van der Waals surface area (Å²) < 4.78 is 8.32. The van der Waals surface area contributed by atoms with Crippen molar-refractivity contribution < 1.29 is 9.53 Å². The average Bonchev–Trinajstić information content (AvgIpc) is 3.34. The Morgan fingerprint density at radius 1 is 1.14 bits per heavy atom. The molecule has 0 unspecified atom stereocenters. The number of fused-ring (bicyclic) bond motifs is 1. The number of carbonyl (C=O) groups excluding carboxylic acids is 1. The minimum atomic E-state index is -0.0132. The van der Waals surface area contributed by atoms with Gasteiger partial charge in [0.2, 0.25) is 5.91 Å². The second-order valence-corrected chi connectivity index (χ2v) is 8.54. The van der Waals surface area contributed by atoms with E-state index in [-0.39, 0.29) is 12.0 Å².